The summed E-state index contributed by atoms with van der Waals surface area (Å²) in [4.78, 5) is 0. The topological polar surface area (TPSA) is 40.5 Å². The lowest BCUT2D eigenvalue weighted by atomic mass is 9.98. The number of aliphatic hydroxyl groups excluding tert-OH is 2. The minimum atomic E-state index is 0.0721. The SMILES string of the molecule is Cc1cc(CO)ccc1-c1ccc(CO)cc1. The molecule has 0 amide bonds. The van der Waals surface area contributed by atoms with Crippen molar-refractivity contribution in [3.8, 4) is 11.1 Å². The Morgan fingerprint density at radius 1 is 0.824 bits per heavy atom. The smallest absolute Gasteiger partial charge is 0.0681 e. The summed E-state index contributed by atoms with van der Waals surface area (Å²) >= 11 is 0. The Balaban J connectivity index is 2.38. The van der Waals surface area contributed by atoms with Crippen LogP contribution in [-0.2, 0) is 13.2 Å². The van der Waals surface area contributed by atoms with E-state index in [9.17, 15) is 0 Å². The molecule has 0 aromatic heterocycles. The van der Waals surface area contributed by atoms with E-state index in [0.717, 1.165) is 27.8 Å². The summed E-state index contributed by atoms with van der Waals surface area (Å²) in [6.45, 7) is 2.18. The van der Waals surface area contributed by atoms with Crippen LogP contribution >= 0.6 is 0 Å². The van der Waals surface area contributed by atoms with Gasteiger partial charge in [0.2, 0.25) is 0 Å². The number of hydrogen-bond donors (Lipinski definition) is 2. The van der Waals surface area contributed by atoms with Crippen LogP contribution in [0, 0.1) is 6.92 Å². The third-order valence-electron chi connectivity index (χ3n) is 2.92. The Bertz CT molecular complexity index is 501. The van der Waals surface area contributed by atoms with Crippen LogP contribution in [0.4, 0.5) is 0 Å². The summed E-state index contributed by atoms with van der Waals surface area (Å²) in [6, 6.07) is 13.8. The van der Waals surface area contributed by atoms with Crippen molar-refractivity contribution < 1.29 is 10.2 Å². The molecule has 0 fully saturated rings. The van der Waals surface area contributed by atoms with E-state index in [-0.39, 0.29) is 13.2 Å². The van der Waals surface area contributed by atoms with Gasteiger partial charge in [-0.2, -0.15) is 0 Å². The van der Waals surface area contributed by atoms with Crippen molar-refractivity contribution >= 4 is 0 Å². The summed E-state index contributed by atoms with van der Waals surface area (Å²) < 4.78 is 0. The van der Waals surface area contributed by atoms with Gasteiger partial charge in [-0.25, -0.2) is 0 Å². The summed E-state index contributed by atoms with van der Waals surface area (Å²) in [5, 5.41) is 18.1. The van der Waals surface area contributed by atoms with Gasteiger partial charge in [-0.3, -0.25) is 0 Å². The highest BCUT2D eigenvalue weighted by molar-refractivity contribution is 5.67. The molecule has 0 unspecified atom stereocenters. The molecule has 0 atom stereocenters. The normalized spacial score (nSPS) is 10.5. The zero-order valence-corrected chi connectivity index (χ0v) is 9.85. The molecule has 2 heteroatoms. The van der Waals surface area contributed by atoms with Gasteiger partial charge in [0.25, 0.3) is 0 Å². The molecule has 0 saturated heterocycles. The van der Waals surface area contributed by atoms with Crippen molar-refractivity contribution in [1.29, 1.82) is 0 Å². The van der Waals surface area contributed by atoms with Gasteiger partial charge in [0, 0.05) is 0 Å². The predicted octanol–water partition coefficient (Wildman–Crippen LogP) is 2.65. The van der Waals surface area contributed by atoms with Gasteiger partial charge in [-0.05, 0) is 34.7 Å². The molecule has 0 saturated carbocycles. The molecular formula is C15H16O2. The second kappa shape index (κ2) is 5.13. The van der Waals surface area contributed by atoms with E-state index in [1.807, 2.05) is 49.4 Å². The first-order valence-electron chi connectivity index (χ1n) is 5.65. The van der Waals surface area contributed by atoms with Crippen LogP contribution in [0.5, 0.6) is 0 Å². The van der Waals surface area contributed by atoms with Gasteiger partial charge in [0.15, 0.2) is 0 Å². The number of aliphatic hydroxyl groups is 2. The Kier molecular flexibility index (Phi) is 3.57. The number of hydrogen-bond acceptors (Lipinski definition) is 2. The Hall–Kier alpha value is -1.64. The first-order chi connectivity index (χ1) is 8.24. The molecule has 0 spiro atoms. The lowest BCUT2D eigenvalue weighted by molar-refractivity contribution is 0.281. The summed E-state index contributed by atoms with van der Waals surface area (Å²) in [7, 11) is 0. The van der Waals surface area contributed by atoms with Crippen molar-refractivity contribution in [2.75, 3.05) is 0 Å². The van der Waals surface area contributed by atoms with Crippen LogP contribution in [0.3, 0.4) is 0 Å². The van der Waals surface area contributed by atoms with Crippen LogP contribution in [0.15, 0.2) is 42.5 Å². The summed E-state index contributed by atoms with van der Waals surface area (Å²) in [5.41, 5.74) is 5.28. The third kappa shape index (κ3) is 2.54. The minimum absolute atomic E-state index is 0.0721. The molecule has 17 heavy (non-hydrogen) atoms. The molecule has 2 aromatic rings. The van der Waals surface area contributed by atoms with Gasteiger partial charge in [0.1, 0.15) is 0 Å². The summed E-state index contributed by atoms with van der Waals surface area (Å²) in [6.07, 6.45) is 0. The number of benzene rings is 2. The molecule has 0 aliphatic heterocycles. The molecule has 0 aliphatic rings. The van der Waals surface area contributed by atoms with Gasteiger partial charge in [0.05, 0.1) is 13.2 Å². The zero-order chi connectivity index (χ0) is 12.3. The molecular weight excluding hydrogens is 212 g/mol. The lowest BCUT2D eigenvalue weighted by Crippen LogP contribution is -1.89. The Morgan fingerprint density at radius 3 is 1.94 bits per heavy atom. The van der Waals surface area contributed by atoms with Gasteiger partial charge >= 0.3 is 0 Å². The molecule has 0 bridgehead atoms. The van der Waals surface area contributed by atoms with Crippen molar-refractivity contribution in [3.05, 3.63) is 59.2 Å². The fourth-order valence-corrected chi connectivity index (χ4v) is 1.94. The third-order valence-corrected chi connectivity index (χ3v) is 2.92. The monoisotopic (exact) mass is 228 g/mol. The van der Waals surface area contributed by atoms with E-state index in [0.29, 0.717) is 0 Å². The molecule has 2 N–H and O–H groups in total. The molecule has 88 valence electrons. The fourth-order valence-electron chi connectivity index (χ4n) is 1.94. The Labute approximate surface area is 101 Å². The predicted molar refractivity (Wildman–Crippen MR) is 68.5 cm³/mol. The second-order valence-corrected chi connectivity index (χ2v) is 4.16. The fraction of sp³-hybridized carbons (Fsp3) is 0.200. The van der Waals surface area contributed by atoms with Gasteiger partial charge < -0.3 is 10.2 Å². The molecule has 0 aliphatic carbocycles. The average Bonchev–Trinajstić information content (AvgIpc) is 2.39. The van der Waals surface area contributed by atoms with E-state index in [1.54, 1.807) is 0 Å². The van der Waals surface area contributed by atoms with E-state index in [1.165, 1.54) is 0 Å². The molecule has 0 heterocycles. The van der Waals surface area contributed by atoms with Crippen LogP contribution < -0.4 is 0 Å². The van der Waals surface area contributed by atoms with E-state index in [2.05, 4.69) is 0 Å². The Morgan fingerprint density at radius 2 is 1.41 bits per heavy atom. The lowest BCUT2D eigenvalue weighted by Gasteiger charge is -2.08. The highest BCUT2D eigenvalue weighted by atomic mass is 16.3. The minimum Gasteiger partial charge on any atom is -0.392 e. The van der Waals surface area contributed by atoms with Crippen LogP contribution in [0.25, 0.3) is 11.1 Å². The standard InChI is InChI=1S/C15H16O2/c1-11-8-13(10-17)4-7-15(11)14-5-2-12(9-16)3-6-14/h2-8,16-17H,9-10H2,1H3. The first-order valence-corrected chi connectivity index (χ1v) is 5.65. The maximum atomic E-state index is 9.06. The second-order valence-electron chi connectivity index (χ2n) is 4.16. The molecule has 2 nitrogen and oxygen atoms in total. The van der Waals surface area contributed by atoms with E-state index >= 15 is 0 Å². The molecule has 0 radical (unpaired) electrons. The van der Waals surface area contributed by atoms with Crippen LogP contribution in [0.2, 0.25) is 0 Å². The summed E-state index contributed by atoms with van der Waals surface area (Å²) in [5.74, 6) is 0. The molecule has 2 aromatic carbocycles. The van der Waals surface area contributed by atoms with Crippen molar-refractivity contribution in [3.63, 3.8) is 0 Å². The van der Waals surface area contributed by atoms with Gasteiger partial charge in [-0.15, -0.1) is 0 Å². The van der Waals surface area contributed by atoms with Crippen LogP contribution in [0.1, 0.15) is 16.7 Å². The average molecular weight is 228 g/mol. The maximum Gasteiger partial charge on any atom is 0.0681 e. The zero-order valence-electron chi connectivity index (χ0n) is 9.85. The van der Waals surface area contributed by atoms with E-state index < -0.39 is 0 Å². The largest absolute Gasteiger partial charge is 0.392 e. The van der Waals surface area contributed by atoms with Crippen LogP contribution in [-0.4, -0.2) is 10.2 Å². The molecule has 2 rings (SSSR count). The maximum absolute atomic E-state index is 9.06. The number of aryl methyl sites for hydroxylation is 1. The highest BCUT2D eigenvalue weighted by Crippen LogP contribution is 2.24. The quantitative estimate of drug-likeness (QED) is 0.847. The highest BCUT2D eigenvalue weighted by Gasteiger charge is 2.02. The van der Waals surface area contributed by atoms with Gasteiger partial charge in [-0.1, -0.05) is 42.5 Å². The first kappa shape index (κ1) is 11.8. The number of rotatable bonds is 3. The van der Waals surface area contributed by atoms with Crippen molar-refractivity contribution in [2.45, 2.75) is 20.1 Å². The van der Waals surface area contributed by atoms with Crippen molar-refractivity contribution in [1.82, 2.24) is 0 Å². The van der Waals surface area contributed by atoms with Crippen molar-refractivity contribution in [2.24, 2.45) is 0 Å². The van der Waals surface area contributed by atoms with E-state index in [4.69, 9.17) is 10.2 Å².